The van der Waals surface area contributed by atoms with Gasteiger partial charge >= 0.3 is 0 Å². The lowest BCUT2D eigenvalue weighted by Gasteiger charge is -2.14. The molecule has 0 saturated carbocycles. The zero-order valence-electron chi connectivity index (χ0n) is 9.98. The molecule has 0 saturated heterocycles. The van der Waals surface area contributed by atoms with Crippen LogP contribution in [0, 0.1) is 0 Å². The molecule has 0 radical (unpaired) electrons. The molecule has 0 heterocycles. The fourth-order valence-corrected chi connectivity index (χ4v) is 1.73. The van der Waals surface area contributed by atoms with Crippen LogP contribution in [-0.2, 0) is 0 Å². The van der Waals surface area contributed by atoms with Crippen molar-refractivity contribution >= 4 is 6.08 Å². The second-order valence-corrected chi connectivity index (χ2v) is 4.12. The predicted molar refractivity (Wildman–Crippen MR) is 72.9 cm³/mol. The molecule has 2 rings (SSSR count). The van der Waals surface area contributed by atoms with Crippen LogP contribution < -0.4 is 0 Å². The lowest BCUT2D eigenvalue weighted by atomic mass is 10.0. The Bertz CT molecular complexity index is 491. The second-order valence-electron chi connectivity index (χ2n) is 4.12. The summed E-state index contributed by atoms with van der Waals surface area (Å²) in [7, 11) is 0. The maximum absolute atomic E-state index is 9.97. The third-order valence-corrected chi connectivity index (χ3v) is 2.75. The van der Waals surface area contributed by atoms with Gasteiger partial charge in [0.05, 0.1) is 0 Å². The van der Waals surface area contributed by atoms with Crippen LogP contribution in [0.5, 0.6) is 0 Å². The van der Waals surface area contributed by atoms with E-state index in [1.807, 2.05) is 48.5 Å². The minimum Gasteiger partial charge on any atom is -0.386 e. The van der Waals surface area contributed by atoms with Gasteiger partial charge in [-0.2, -0.15) is 0 Å². The summed E-state index contributed by atoms with van der Waals surface area (Å²) >= 11 is 0. The highest BCUT2D eigenvalue weighted by molar-refractivity contribution is 5.49. The Hall–Kier alpha value is -1.90. The quantitative estimate of drug-likeness (QED) is 0.862. The second kappa shape index (κ2) is 6.15. The molecule has 0 unspecified atom stereocenters. The highest BCUT2D eigenvalue weighted by atomic mass is 16.3. The Morgan fingerprint density at radius 3 is 1.94 bits per heavy atom. The first kappa shape index (κ1) is 12.6. The summed E-state index contributed by atoms with van der Waals surface area (Å²) < 4.78 is 0. The molecule has 2 heteroatoms. The van der Waals surface area contributed by atoms with E-state index in [0.717, 1.165) is 5.56 Å². The first-order chi connectivity index (χ1) is 8.77. The molecule has 18 heavy (non-hydrogen) atoms. The summed E-state index contributed by atoms with van der Waals surface area (Å²) in [5, 5.41) is 19.9. The van der Waals surface area contributed by atoms with E-state index in [1.54, 1.807) is 24.3 Å². The van der Waals surface area contributed by atoms with Gasteiger partial charge in [-0.25, -0.2) is 0 Å². The Kier molecular flexibility index (Phi) is 4.29. The first-order valence-corrected chi connectivity index (χ1v) is 5.92. The molecule has 0 bridgehead atoms. The van der Waals surface area contributed by atoms with E-state index in [1.165, 1.54) is 0 Å². The van der Waals surface area contributed by atoms with Crippen LogP contribution in [0.2, 0.25) is 0 Å². The molecule has 2 N–H and O–H groups in total. The van der Waals surface area contributed by atoms with Gasteiger partial charge in [-0.3, -0.25) is 0 Å². The van der Waals surface area contributed by atoms with Crippen molar-refractivity contribution in [2.45, 2.75) is 12.2 Å². The SMILES string of the molecule is O[C@@H](/C=C/c1ccccc1)[C@@H](O)c1ccccc1. The smallest absolute Gasteiger partial charge is 0.108 e. The third-order valence-electron chi connectivity index (χ3n) is 2.75. The normalized spacial score (nSPS) is 14.6. The lowest BCUT2D eigenvalue weighted by Crippen LogP contribution is -2.15. The maximum atomic E-state index is 9.97. The minimum absolute atomic E-state index is 0.711. The number of rotatable bonds is 4. The summed E-state index contributed by atoms with van der Waals surface area (Å²) in [6, 6.07) is 18.8. The number of hydrogen-bond acceptors (Lipinski definition) is 2. The standard InChI is InChI=1S/C16H16O2/c17-15(12-11-13-7-3-1-4-8-13)16(18)14-9-5-2-6-10-14/h1-12,15-18H/b12-11+/t15-,16-/m0/s1. The Morgan fingerprint density at radius 1 is 0.778 bits per heavy atom. The van der Waals surface area contributed by atoms with E-state index >= 15 is 0 Å². The third kappa shape index (κ3) is 3.29. The van der Waals surface area contributed by atoms with Gasteiger partial charge in [0.1, 0.15) is 12.2 Å². The van der Waals surface area contributed by atoms with Crippen LogP contribution in [0.25, 0.3) is 6.08 Å². The molecule has 0 amide bonds. The van der Waals surface area contributed by atoms with E-state index in [9.17, 15) is 10.2 Å². The summed E-state index contributed by atoms with van der Waals surface area (Å²) in [6.07, 6.45) is 1.60. The first-order valence-electron chi connectivity index (χ1n) is 5.92. The molecule has 0 aliphatic rings. The van der Waals surface area contributed by atoms with Crippen molar-refractivity contribution < 1.29 is 10.2 Å². The molecule has 0 aliphatic heterocycles. The number of benzene rings is 2. The van der Waals surface area contributed by atoms with Gasteiger partial charge in [0.25, 0.3) is 0 Å². The molecule has 0 aromatic heterocycles. The highest BCUT2D eigenvalue weighted by Crippen LogP contribution is 2.17. The van der Waals surface area contributed by atoms with Crippen LogP contribution in [-0.4, -0.2) is 16.3 Å². The van der Waals surface area contributed by atoms with E-state index in [2.05, 4.69) is 0 Å². The number of aliphatic hydroxyl groups is 2. The average Bonchev–Trinajstić information content (AvgIpc) is 2.46. The molecule has 0 aliphatic carbocycles. The zero-order valence-corrected chi connectivity index (χ0v) is 9.98. The zero-order chi connectivity index (χ0) is 12.8. The predicted octanol–water partition coefficient (Wildman–Crippen LogP) is 2.79. The van der Waals surface area contributed by atoms with Crippen LogP contribution in [0.15, 0.2) is 66.7 Å². The van der Waals surface area contributed by atoms with Crippen molar-refractivity contribution in [1.82, 2.24) is 0 Å². The van der Waals surface area contributed by atoms with Gasteiger partial charge in [0.15, 0.2) is 0 Å². The van der Waals surface area contributed by atoms with Crippen molar-refractivity contribution in [3.63, 3.8) is 0 Å². The highest BCUT2D eigenvalue weighted by Gasteiger charge is 2.14. The van der Waals surface area contributed by atoms with Gasteiger partial charge in [-0.1, -0.05) is 72.8 Å². The van der Waals surface area contributed by atoms with Gasteiger partial charge < -0.3 is 10.2 Å². The van der Waals surface area contributed by atoms with Gasteiger partial charge in [-0.05, 0) is 11.1 Å². The summed E-state index contributed by atoms with van der Waals surface area (Å²) in [6.45, 7) is 0. The molecule has 0 spiro atoms. The van der Waals surface area contributed by atoms with Crippen LogP contribution >= 0.6 is 0 Å². The largest absolute Gasteiger partial charge is 0.386 e. The topological polar surface area (TPSA) is 40.5 Å². The molecule has 92 valence electrons. The maximum Gasteiger partial charge on any atom is 0.108 e. The Labute approximate surface area is 107 Å². The van der Waals surface area contributed by atoms with Crippen LogP contribution in [0.4, 0.5) is 0 Å². The fourth-order valence-electron chi connectivity index (χ4n) is 1.73. The monoisotopic (exact) mass is 240 g/mol. The Morgan fingerprint density at radius 2 is 1.33 bits per heavy atom. The fraction of sp³-hybridized carbons (Fsp3) is 0.125. The van der Waals surface area contributed by atoms with E-state index in [0.29, 0.717) is 5.56 Å². The van der Waals surface area contributed by atoms with Crippen LogP contribution in [0.3, 0.4) is 0 Å². The van der Waals surface area contributed by atoms with Gasteiger partial charge in [0, 0.05) is 0 Å². The van der Waals surface area contributed by atoms with Crippen molar-refractivity contribution in [3.8, 4) is 0 Å². The van der Waals surface area contributed by atoms with Gasteiger partial charge in [0.2, 0.25) is 0 Å². The van der Waals surface area contributed by atoms with E-state index in [4.69, 9.17) is 0 Å². The number of hydrogen-bond donors (Lipinski definition) is 2. The van der Waals surface area contributed by atoms with E-state index in [-0.39, 0.29) is 0 Å². The molecule has 2 nitrogen and oxygen atoms in total. The molecule has 0 fully saturated rings. The van der Waals surface area contributed by atoms with E-state index < -0.39 is 12.2 Å². The molecular weight excluding hydrogens is 224 g/mol. The molecule has 2 aromatic rings. The average molecular weight is 240 g/mol. The summed E-state index contributed by atoms with van der Waals surface area (Å²) in [5.74, 6) is 0. The van der Waals surface area contributed by atoms with Crippen molar-refractivity contribution in [1.29, 1.82) is 0 Å². The van der Waals surface area contributed by atoms with Gasteiger partial charge in [-0.15, -0.1) is 0 Å². The van der Waals surface area contributed by atoms with Crippen LogP contribution in [0.1, 0.15) is 17.2 Å². The van der Waals surface area contributed by atoms with Crippen molar-refractivity contribution in [3.05, 3.63) is 77.9 Å². The number of aliphatic hydroxyl groups excluding tert-OH is 2. The molecule has 2 atom stereocenters. The molecule has 2 aromatic carbocycles. The minimum atomic E-state index is -0.910. The lowest BCUT2D eigenvalue weighted by molar-refractivity contribution is 0.0487. The Balaban J connectivity index is 2.04. The summed E-state index contributed by atoms with van der Waals surface area (Å²) in [4.78, 5) is 0. The molecular formula is C16H16O2. The summed E-state index contributed by atoms with van der Waals surface area (Å²) in [5.41, 5.74) is 1.71. The van der Waals surface area contributed by atoms with Crippen molar-refractivity contribution in [2.75, 3.05) is 0 Å². The van der Waals surface area contributed by atoms with Crippen molar-refractivity contribution in [2.24, 2.45) is 0 Å².